The van der Waals surface area contributed by atoms with E-state index in [-0.39, 0.29) is 0 Å². The van der Waals surface area contributed by atoms with Crippen molar-refractivity contribution in [1.82, 2.24) is 4.90 Å². The standard InChI is InChI=1S/C6H7Cl2NO3S/c7-4(8)5(10)9-2-13-1-3(9)6(11)12/h3-4H,1-2H2,(H,11,12). The molecule has 0 aliphatic carbocycles. The molecule has 1 aliphatic rings. The lowest BCUT2D eigenvalue weighted by Crippen LogP contribution is -2.43. The second kappa shape index (κ2) is 4.39. The average molecular weight is 244 g/mol. The molecular weight excluding hydrogens is 237 g/mol. The SMILES string of the molecule is O=C(O)C1CSCN1C(=O)C(Cl)Cl. The van der Waals surface area contributed by atoms with Gasteiger partial charge >= 0.3 is 5.97 Å². The van der Waals surface area contributed by atoms with Crippen LogP contribution in [-0.2, 0) is 9.59 Å². The lowest BCUT2D eigenvalue weighted by atomic mass is 10.3. The van der Waals surface area contributed by atoms with Gasteiger partial charge in [-0.05, 0) is 0 Å². The van der Waals surface area contributed by atoms with Gasteiger partial charge in [-0.2, -0.15) is 0 Å². The van der Waals surface area contributed by atoms with Gasteiger partial charge in [0, 0.05) is 5.75 Å². The van der Waals surface area contributed by atoms with Crippen LogP contribution < -0.4 is 0 Å². The summed E-state index contributed by atoms with van der Waals surface area (Å²) in [5.41, 5.74) is 0. The van der Waals surface area contributed by atoms with E-state index in [0.29, 0.717) is 11.6 Å². The van der Waals surface area contributed by atoms with Gasteiger partial charge in [-0.3, -0.25) is 4.79 Å². The Balaban J connectivity index is 2.68. The third-order valence-corrected chi connectivity index (χ3v) is 3.02. The van der Waals surface area contributed by atoms with Gasteiger partial charge in [-0.25, -0.2) is 4.79 Å². The molecule has 1 heterocycles. The molecule has 74 valence electrons. The van der Waals surface area contributed by atoms with Gasteiger partial charge in [0.25, 0.3) is 5.91 Å². The molecule has 7 heteroatoms. The minimum Gasteiger partial charge on any atom is -0.480 e. The van der Waals surface area contributed by atoms with Gasteiger partial charge in [-0.1, -0.05) is 23.2 Å². The summed E-state index contributed by atoms with van der Waals surface area (Å²) < 4.78 is 0. The Bertz CT molecular complexity index is 236. The Morgan fingerprint density at radius 2 is 2.15 bits per heavy atom. The summed E-state index contributed by atoms with van der Waals surface area (Å²) in [6.45, 7) is 0. The van der Waals surface area contributed by atoms with E-state index in [2.05, 4.69) is 0 Å². The summed E-state index contributed by atoms with van der Waals surface area (Å²) in [4.78, 5) is 21.9. The fourth-order valence-electron chi connectivity index (χ4n) is 0.990. The fraction of sp³-hybridized carbons (Fsp3) is 0.667. The number of carboxylic acid groups (broad SMARTS) is 1. The number of amides is 1. The van der Waals surface area contributed by atoms with E-state index >= 15 is 0 Å². The number of carboxylic acids is 1. The van der Waals surface area contributed by atoms with E-state index < -0.39 is 22.8 Å². The van der Waals surface area contributed by atoms with Gasteiger partial charge in [0.2, 0.25) is 0 Å². The Hall–Kier alpha value is -0.130. The van der Waals surface area contributed by atoms with Gasteiger partial charge in [0.15, 0.2) is 4.84 Å². The number of rotatable bonds is 2. The number of alkyl halides is 2. The van der Waals surface area contributed by atoms with Crippen LogP contribution in [0.1, 0.15) is 0 Å². The first-order valence-electron chi connectivity index (χ1n) is 3.43. The number of aliphatic carboxylic acids is 1. The molecule has 13 heavy (non-hydrogen) atoms. The molecule has 0 aromatic carbocycles. The molecule has 1 saturated heterocycles. The molecule has 1 amide bonds. The van der Waals surface area contributed by atoms with E-state index in [1.165, 1.54) is 16.7 Å². The highest BCUT2D eigenvalue weighted by atomic mass is 35.5. The van der Waals surface area contributed by atoms with Gasteiger partial charge in [0.05, 0.1) is 5.88 Å². The monoisotopic (exact) mass is 243 g/mol. The zero-order chi connectivity index (χ0) is 10.0. The summed E-state index contributed by atoms with van der Waals surface area (Å²) in [7, 11) is 0. The largest absolute Gasteiger partial charge is 0.480 e. The van der Waals surface area contributed by atoms with Gasteiger partial charge in [-0.15, -0.1) is 11.8 Å². The van der Waals surface area contributed by atoms with Crippen molar-refractivity contribution >= 4 is 46.8 Å². The second-order valence-electron chi connectivity index (χ2n) is 2.46. The number of halogens is 2. The molecule has 0 saturated carbocycles. The molecule has 1 unspecified atom stereocenters. The average Bonchev–Trinajstić information content (AvgIpc) is 2.50. The van der Waals surface area contributed by atoms with E-state index in [1.807, 2.05) is 0 Å². The van der Waals surface area contributed by atoms with Crippen LogP contribution in [0, 0.1) is 0 Å². The first-order chi connectivity index (χ1) is 6.04. The quantitative estimate of drug-likeness (QED) is 0.729. The van der Waals surface area contributed by atoms with Crippen molar-refractivity contribution in [2.75, 3.05) is 11.6 Å². The fourth-order valence-corrected chi connectivity index (χ4v) is 2.40. The third kappa shape index (κ3) is 2.42. The summed E-state index contributed by atoms with van der Waals surface area (Å²) in [5, 5.41) is 8.72. The van der Waals surface area contributed by atoms with E-state index in [1.54, 1.807) is 0 Å². The molecule has 1 N–H and O–H groups in total. The van der Waals surface area contributed by atoms with Crippen LogP contribution in [0.3, 0.4) is 0 Å². The second-order valence-corrected chi connectivity index (χ2v) is 4.56. The molecule has 0 bridgehead atoms. The zero-order valence-corrected chi connectivity index (χ0v) is 8.77. The predicted molar refractivity (Wildman–Crippen MR) is 51.1 cm³/mol. The number of carbonyl (C=O) groups is 2. The number of hydrogen-bond donors (Lipinski definition) is 1. The van der Waals surface area contributed by atoms with Crippen LogP contribution in [0.5, 0.6) is 0 Å². The molecule has 1 aliphatic heterocycles. The van der Waals surface area contributed by atoms with Crippen LogP contribution in [0.25, 0.3) is 0 Å². The maximum absolute atomic E-state index is 11.2. The van der Waals surface area contributed by atoms with Crippen molar-refractivity contribution in [3.8, 4) is 0 Å². The molecular formula is C6H7Cl2NO3S. The molecule has 0 aromatic heterocycles. The summed E-state index contributed by atoms with van der Waals surface area (Å²) in [6.07, 6.45) is 0. The number of nitrogens with zero attached hydrogens (tertiary/aromatic N) is 1. The lowest BCUT2D eigenvalue weighted by Gasteiger charge is -2.20. The summed E-state index contributed by atoms with van der Waals surface area (Å²) in [5.74, 6) is -0.832. The first kappa shape index (κ1) is 10.9. The van der Waals surface area contributed by atoms with Crippen molar-refractivity contribution < 1.29 is 14.7 Å². The Morgan fingerprint density at radius 1 is 1.54 bits per heavy atom. The van der Waals surface area contributed by atoms with Crippen molar-refractivity contribution in [2.24, 2.45) is 0 Å². The van der Waals surface area contributed by atoms with Crippen LogP contribution >= 0.6 is 35.0 Å². The minimum absolute atomic E-state index is 0.339. The highest BCUT2D eigenvalue weighted by molar-refractivity contribution is 7.99. The normalized spacial score (nSPS) is 22.4. The molecule has 4 nitrogen and oxygen atoms in total. The van der Waals surface area contributed by atoms with Gasteiger partial charge < -0.3 is 10.0 Å². The molecule has 0 radical (unpaired) electrons. The Kier molecular flexibility index (Phi) is 3.70. The van der Waals surface area contributed by atoms with Crippen molar-refractivity contribution in [3.63, 3.8) is 0 Å². The van der Waals surface area contributed by atoms with Crippen LogP contribution in [0.2, 0.25) is 0 Å². The topological polar surface area (TPSA) is 57.6 Å². The molecule has 1 rings (SSSR count). The van der Waals surface area contributed by atoms with E-state index in [4.69, 9.17) is 28.3 Å². The highest BCUT2D eigenvalue weighted by Crippen LogP contribution is 2.23. The third-order valence-electron chi connectivity index (χ3n) is 1.64. The number of thioether (sulfide) groups is 1. The predicted octanol–water partition coefficient (Wildman–Crippen LogP) is 0.776. The lowest BCUT2D eigenvalue weighted by molar-refractivity contribution is -0.147. The molecule has 0 spiro atoms. The Morgan fingerprint density at radius 3 is 2.62 bits per heavy atom. The van der Waals surface area contributed by atoms with Crippen molar-refractivity contribution in [3.05, 3.63) is 0 Å². The summed E-state index contributed by atoms with van der Waals surface area (Å²) >= 11 is 12.1. The Labute approximate surface area is 89.2 Å². The molecule has 1 atom stereocenters. The summed E-state index contributed by atoms with van der Waals surface area (Å²) in [6, 6.07) is -0.794. The van der Waals surface area contributed by atoms with Crippen LogP contribution in [-0.4, -0.2) is 44.4 Å². The number of carbonyl (C=O) groups excluding carboxylic acids is 1. The maximum Gasteiger partial charge on any atom is 0.327 e. The van der Waals surface area contributed by atoms with E-state index in [9.17, 15) is 9.59 Å². The smallest absolute Gasteiger partial charge is 0.327 e. The molecule has 1 fully saturated rings. The van der Waals surface area contributed by atoms with Crippen molar-refractivity contribution in [1.29, 1.82) is 0 Å². The minimum atomic E-state index is -1.18. The first-order valence-corrected chi connectivity index (χ1v) is 5.46. The van der Waals surface area contributed by atoms with Crippen molar-refractivity contribution in [2.45, 2.75) is 10.9 Å². The highest BCUT2D eigenvalue weighted by Gasteiger charge is 2.36. The maximum atomic E-state index is 11.2. The molecule has 0 aromatic rings. The van der Waals surface area contributed by atoms with Crippen LogP contribution in [0.15, 0.2) is 0 Å². The van der Waals surface area contributed by atoms with Gasteiger partial charge in [0.1, 0.15) is 6.04 Å². The zero-order valence-electron chi connectivity index (χ0n) is 6.44. The van der Waals surface area contributed by atoms with Crippen LogP contribution in [0.4, 0.5) is 0 Å². The van der Waals surface area contributed by atoms with E-state index in [0.717, 1.165) is 0 Å². The number of hydrogen-bond acceptors (Lipinski definition) is 3.